The normalized spacial score (nSPS) is 10.6. The topological polar surface area (TPSA) is 34.2 Å². The zero-order chi connectivity index (χ0) is 14.4. The number of nitrogens with zero attached hydrogens (tertiary/aromatic N) is 1. The number of rotatable bonds is 6. The zero-order valence-electron chi connectivity index (χ0n) is 11.2. The molecular weight excluding hydrogens is 262 g/mol. The second kappa shape index (κ2) is 6.96. The van der Waals surface area contributed by atoms with Crippen molar-refractivity contribution in [3.05, 3.63) is 53.7 Å². The molecule has 0 saturated heterocycles. The largest absolute Gasteiger partial charge is 0.436 e. The van der Waals surface area contributed by atoms with E-state index >= 15 is 0 Å². The molecule has 0 bridgehead atoms. The van der Waals surface area contributed by atoms with Crippen LogP contribution in [0.2, 0.25) is 0 Å². The number of benzene rings is 1. The second-order valence-electron chi connectivity index (χ2n) is 4.33. The Morgan fingerprint density at radius 3 is 2.90 bits per heavy atom. The molecule has 0 fully saturated rings. The van der Waals surface area contributed by atoms with Gasteiger partial charge < -0.3 is 10.1 Å². The summed E-state index contributed by atoms with van der Waals surface area (Å²) in [5.74, 6) is -1.88. The SMILES string of the molecule is CCCNCc1ccnc(Oc2cccc(F)c2F)c1. The molecule has 1 aromatic heterocycles. The van der Waals surface area contributed by atoms with Crippen LogP contribution in [0.3, 0.4) is 0 Å². The minimum atomic E-state index is -1.01. The lowest BCUT2D eigenvalue weighted by Crippen LogP contribution is -2.13. The molecule has 2 rings (SSSR count). The molecule has 20 heavy (non-hydrogen) atoms. The van der Waals surface area contributed by atoms with Gasteiger partial charge in [-0.05, 0) is 36.7 Å². The van der Waals surface area contributed by atoms with Gasteiger partial charge in [0.25, 0.3) is 0 Å². The number of pyridine rings is 1. The van der Waals surface area contributed by atoms with E-state index in [0.717, 1.165) is 24.6 Å². The van der Waals surface area contributed by atoms with Crippen molar-refractivity contribution in [2.45, 2.75) is 19.9 Å². The summed E-state index contributed by atoms with van der Waals surface area (Å²) in [5, 5.41) is 3.25. The fourth-order valence-corrected chi connectivity index (χ4v) is 1.70. The quantitative estimate of drug-likeness (QED) is 0.819. The highest BCUT2D eigenvalue weighted by Gasteiger charge is 2.10. The first kappa shape index (κ1) is 14.4. The fraction of sp³-hybridized carbons (Fsp3) is 0.267. The van der Waals surface area contributed by atoms with Crippen molar-refractivity contribution >= 4 is 0 Å². The second-order valence-corrected chi connectivity index (χ2v) is 4.33. The van der Waals surface area contributed by atoms with Crippen molar-refractivity contribution in [3.63, 3.8) is 0 Å². The van der Waals surface area contributed by atoms with Gasteiger partial charge in [-0.15, -0.1) is 0 Å². The molecule has 0 atom stereocenters. The number of aromatic nitrogens is 1. The predicted molar refractivity (Wildman–Crippen MR) is 72.7 cm³/mol. The van der Waals surface area contributed by atoms with Gasteiger partial charge in [0.1, 0.15) is 0 Å². The van der Waals surface area contributed by atoms with E-state index in [0.29, 0.717) is 6.54 Å². The number of hydrogen-bond acceptors (Lipinski definition) is 3. The third-order valence-electron chi connectivity index (χ3n) is 2.69. The molecule has 0 unspecified atom stereocenters. The highest BCUT2D eigenvalue weighted by Crippen LogP contribution is 2.24. The summed E-state index contributed by atoms with van der Waals surface area (Å²) in [6, 6.07) is 7.34. The molecule has 0 aliphatic rings. The maximum absolute atomic E-state index is 13.5. The van der Waals surface area contributed by atoms with E-state index in [1.165, 1.54) is 12.1 Å². The number of halogens is 2. The first-order chi connectivity index (χ1) is 9.70. The fourth-order valence-electron chi connectivity index (χ4n) is 1.70. The van der Waals surface area contributed by atoms with E-state index in [9.17, 15) is 8.78 Å². The monoisotopic (exact) mass is 278 g/mol. The summed E-state index contributed by atoms with van der Waals surface area (Å²) in [6.07, 6.45) is 2.62. The van der Waals surface area contributed by atoms with Gasteiger partial charge >= 0.3 is 0 Å². The van der Waals surface area contributed by atoms with E-state index in [1.54, 1.807) is 12.3 Å². The molecule has 1 heterocycles. The van der Waals surface area contributed by atoms with Crippen molar-refractivity contribution in [2.75, 3.05) is 6.54 Å². The Balaban J connectivity index is 2.09. The standard InChI is InChI=1S/C15H16F2N2O/c1-2-7-18-10-11-6-8-19-14(9-11)20-13-5-3-4-12(16)15(13)17/h3-6,8-9,18H,2,7,10H2,1H3. The van der Waals surface area contributed by atoms with Crippen molar-refractivity contribution in [2.24, 2.45) is 0 Å². The molecule has 106 valence electrons. The highest BCUT2D eigenvalue weighted by molar-refractivity contribution is 5.30. The third-order valence-corrected chi connectivity index (χ3v) is 2.69. The van der Waals surface area contributed by atoms with Gasteiger partial charge in [-0.3, -0.25) is 0 Å². The molecule has 1 aromatic carbocycles. The van der Waals surface area contributed by atoms with Gasteiger partial charge in [-0.1, -0.05) is 13.0 Å². The van der Waals surface area contributed by atoms with Gasteiger partial charge in [0, 0.05) is 18.8 Å². The van der Waals surface area contributed by atoms with Gasteiger partial charge in [0.2, 0.25) is 11.7 Å². The Hall–Kier alpha value is -2.01. The zero-order valence-corrected chi connectivity index (χ0v) is 11.2. The average Bonchev–Trinajstić information content (AvgIpc) is 2.45. The minimum absolute atomic E-state index is 0.170. The van der Waals surface area contributed by atoms with E-state index in [-0.39, 0.29) is 11.6 Å². The Morgan fingerprint density at radius 1 is 1.25 bits per heavy atom. The van der Waals surface area contributed by atoms with E-state index in [1.807, 2.05) is 6.07 Å². The summed E-state index contributed by atoms with van der Waals surface area (Å²) >= 11 is 0. The van der Waals surface area contributed by atoms with Crippen LogP contribution >= 0.6 is 0 Å². The highest BCUT2D eigenvalue weighted by atomic mass is 19.2. The summed E-state index contributed by atoms with van der Waals surface area (Å²) in [5.41, 5.74) is 0.972. The summed E-state index contributed by atoms with van der Waals surface area (Å²) in [4.78, 5) is 3.99. The molecule has 0 saturated carbocycles. The molecule has 1 N–H and O–H groups in total. The van der Waals surface area contributed by atoms with Crippen molar-refractivity contribution in [1.82, 2.24) is 10.3 Å². The maximum atomic E-state index is 13.5. The van der Waals surface area contributed by atoms with Crippen LogP contribution in [0.4, 0.5) is 8.78 Å². The smallest absolute Gasteiger partial charge is 0.219 e. The first-order valence-electron chi connectivity index (χ1n) is 6.48. The summed E-state index contributed by atoms with van der Waals surface area (Å²) in [6.45, 7) is 3.68. The molecule has 3 nitrogen and oxygen atoms in total. The van der Waals surface area contributed by atoms with Crippen LogP contribution in [0.25, 0.3) is 0 Å². The summed E-state index contributed by atoms with van der Waals surface area (Å²) in [7, 11) is 0. The Bertz CT molecular complexity index is 576. The van der Waals surface area contributed by atoms with Gasteiger partial charge in [-0.2, -0.15) is 4.39 Å². The molecular formula is C15H16F2N2O. The van der Waals surface area contributed by atoms with E-state index < -0.39 is 11.6 Å². The van der Waals surface area contributed by atoms with Crippen LogP contribution < -0.4 is 10.1 Å². The van der Waals surface area contributed by atoms with Crippen molar-refractivity contribution in [3.8, 4) is 11.6 Å². The molecule has 0 spiro atoms. The average molecular weight is 278 g/mol. The Morgan fingerprint density at radius 2 is 2.10 bits per heavy atom. The third kappa shape index (κ3) is 3.74. The Labute approximate surface area is 116 Å². The number of hydrogen-bond donors (Lipinski definition) is 1. The minimum Gasteiger partial charge on any atom is -0.436 e. The lowest BCUT2D eigenvalue weighted by atomic mass is 10.2. The molecule has 0 amide bonds. The van der Waals surface area contributed by atoms with Crippen LogP contribution in [-0.2, 0) is 6.54 Å². The molecule has 0 radical (unpaired) electrons. The van der Waals surface area contributed by atoms with Crippen LogP contribution in [0.5, 0.6) is 11.6 Å². The van der Waals surface area contributed by atoms with Crippen LogP contribution in [0, 0.1) is 11.6 Å². The maximum Gasteiger partial charge on any atom is 0.219 e. The van der Waals surface area contributed by atoms with Crippen LogP contribution in [0.1, 0.15) is 18.9 Å². The van der Waals surface area contributed by atoms with Gasteiger partial charge in [0.15, 0.2) is 11.6 Å². The van der Waals surface area contributed by atoms with E-state index in [4.69, 9.17) is 4.74 Å². The lowest BCUT2D eigenvalue weighted by Gasteiger charge is -2.08. The molecule has 2 aromatic rings. The summed E-state index contributed by atoms with van der Waals surface area (Å²) < 4.78 is 31.9. The number of nitrogens with one attached hydrogen (secondary N) is 1. The number of ether oxygens (including phenoxy) is 1. The van der Waals surface area contributed by atoms with Crippen molar-refractivity contribution in [1.29, 1.82) is 0 Å². The lowest BCUT2D eigenvalue weighted by molar-refractivity contribution is 0.405. The predicted octanol–water partition coefficient (Wildman–Crippen LogP) is 3.65. The van der Waals surface area contributed by atoms with Gasteiger partial charge in [-0.25, -0.2) is 9.37 Å². The molecule has 5 heteroatoms. The molecule has 0 aliphatic heterocycles. The molecule has 0 aliphatic carbocycles. The first-order valence-corrected chi connectivity index (χ1v) is 6.48. The Kier molecular flexibility index (Phi) is 5.01. The van der Waals surface area contributed by atoms with Gasteiger partial charge in [0.05, 0.1) is 0 Å². The van der Waals surface area contributed by atoms with Crippen LogP contribution in [0.15, 0.2) is 36.5 Å². The van der Waals surface area contributed by atoms with Crippen LogP contribution in [-0.4, -0.2) is 11.5 Å². The van der Waals surface area contributed by atoms with E-state index in [2.05, 4.69) is 17.2 Å². The van der Waals surface area contributed by atoms with Crippen molar-refractivity contribution < 1.29 is 13.5 Å².